The van der Waals surface area contributed by atoms with E-state index in [4.69, 9.17) is 4.52 Å². The number of benzene rings is 2. The smallest absolute Gasteiger partial charge is 0.274 e. The van der Waals surface area contributed by atoms with Gasteiger partial charge in [0, 0.05) is 50.0 Å². The third-order valence-electron chi connectivity index (χ3n) is 5.73. The molecule has 1 fully saturated rings. The number of hydrogen-bond acceptors (Lipinski definition) is 6. The second kappa shape index (κ2) is 8.85. The van der Waals surface area contributed by atoms with Crippen LogP contribution in [0.15, 0.2) is 65.3 Å². The molecule has 0 N–H and O–H groups in total. The largest absolute Gasteiger partial charge is 0.368 e. The number of amides is 1. The molecule has 0 saturated carbocycles. The Kier molecular flexibility index (Phi) is 5.60. The van der Waals surface area contributed by atoms with Crippen molar-refractivity contribution in [3.8, 4) is 17.1 Å². The van der Waals surface area contributed by atoms with E-state index in [2.05, 4.69) is 20.1 Å². The molecule has 0 aliphatic carbocycles. The second-order valence-electron chi connectivity index (χ2n) is 7.81. The molecule has 2 aromatic heterocycles. The van der Waals surface area contributed by atoms with Crippen LogP contribution in [0.3, 0.4) is 0 Å². The molecule has 1 aliphatic heterocycles. The van der Waals surface area contributed by atoms with Crippen molar-refractivity contribution in [2.24, 2.45) is 0 Å². The normalized spacial score (nSPS) is 14.0. The molecule has 9 heteroatoms. The van der Waals surface area contributed by atoms with Crippen LogP contribution in [0.25, 0.3) is 17.1 Å². The number of carbonyl (C=O) groups excluding carboxylic acids is 1. The number of aryl methyl sites for hydroxylation is 1. The molecule has 5 rings (SSSR count). The average Bonchev–Trinajstić information content (AvgIpc) is 3.55. The summed E-state index contributed by atoms with van der Waals surface area (Å²) < 4.78 is 20.0. The van der Waals surface area contributed by atoms with Gasteiger partial charge in [-0.15, -0.1) is 0 Å². The lowest BCUT2D eigenvalue weighted by Crippen LogP contribution is -2.48. The summed E-state index contributed by atoms with van der Waals surface area (Å²) in [4.78, 5) is 21.2. The summed E-state index contributed by atoms with van der Waals surface area (Å²) in [6.45, 7) is 4.51. The van der Waals surface area contributed by atoms with E-state index < -0.39 is 0 Å². The zero-order valence-corrected chi connectivity index (χ0v) is 18.2. The maximum absolute atomic E-state index is 13.2. The molecular formula is C24H23FN6O2. The molecule has 1 amide bonds. The van der Waals surface area contributed by atoms with E-state index in [0.29, 0.717) is 50.0 Å². The number of aromatic nitrogens is 4. The van der Waals surface area contributed by atoms with Gasteiger partial charge in [-0.05, 0) is 54.6 Å². The van der Waals surface area contributed by atoms with Gasteiger partial charge in [0.1, 0.15) is 5.82 Å². The van der Waals surface area contributed by atoms with E-state index in [1.54, 1.807) is 34.0 Å². The number of piperazine rings is 1. The minimum Gasteiger partial charge on any atom is -0.368 e. The highest BCUT2D eigenvalue weighted by Gasteiger charge is 2.24. The molecule has 1 aliphatic rings. The minimum atomic E-state index is -0.252. The third kappa shape index (κ3) is 4.34. The Morgan fingerprint density at radius 2 is 1.67 bits per heavy atom. The fourth-order valence-corrected chi connectivity index (χ4v) is 3.84. The summed E-state index contributed by atoms with van der Waals surface area (Å²) >= 11 is 0. The van der Waals surface area contributed by atoms with Gasteiger partial charge in [-0.1, -0.05) is 12.1 Å². The van der Waals surface area contributed by atoms with Crippen LogP contribution >= 0.6 is 0 Å². The van der Waals surface area contributed by atoms with Crippen LogP contribution in [0.5, 0.6) is 0 Å². The lowest BCUT2D eigenvalue weighted by atomic mass is 10.2. The van der Waals surface area contributed by atoms with Gasteiger partial charge in [-0.2, -0.15) is 10.1 Å². The van der Waals surface area contributed by atoms with Crippen LogP contribution in [-0.4, -0.2) is 56.9 Å². The summed E-state index contributed by atoms with van der Waals surface area (Å²) in [6, 6.07) is 15.8. The summed E-state index contributed by atoms with van der Waals surface area (Å²) in [5.41, 5.74) is 3.05. The fourth-order valence-electron chi connectivity index (χ4n) is 3.84. The first-order chi connectivity index (χ1) is 16.1. The molecule has 3 heterocycles. The molecule has 0 radical (unpaired) electrons. The molecule has 168 valence electrons. The Morgan fingerprint density at radius 3 is 2.33 bits per heavy atom. The van der Waals surface area contributed by atoms with Gasteiger partial charge < -0.3 is 14.3 Å². The van der Waals surface area contributed by atoms with Crippen molar-refractivity contribution in [1.29, 1.82) is 0 Å². The van der Waals surface area contributed by atoms with Crippen LogP contribution in [0.2, 0.25) is 0 Å². The first-order valence-electron chi connectivity index (χ1n) is 10.9. The highest BCUT2D eigenvalue weighted by Crippen LogP contribution is 2.20. The molecule has 33 heavy (non-hydrogen) atoms. The molecule has 0 atom stereocenters. The van der Waals surface area contributed by atoms with Crippen LogP contribution < -0.4 is 4.90 Å². The zero-order chi connectivity index (χ0) is 22.8. The monoisotopic (exact) mass is 446 g/mol. The summed E-state index contributed by atoms with van der Waals surface area (Å²) in [5, 5.41) is 8.47. The van der Waals surface area contributed by atoms with E-state index in [9.17, 15) is 9.18 Å². The molecule has 0 unspecified atom stereocenters. The maximum Gasteiger partial charge on any atom is 0.274 e. The van der Waals surface area contributed by atoms with E-state index in [1.165, 1.54) is 12.1 Å². The van der Waals surface area contributed by atoms with Crippen LogP contribution in [-0.2, 0) is 6.42 Å². The number of hydrogen-bond donors (Lipinski definition) is 0. The molecule has 4 aromatic rings. The maximum atomic E-state index is 13.2. The van der Waals surface area contributed by atoms with Gasteiger partial charge in [0.25, 0.3) is 5.91 Å². The van der Waals surface area contributed by atoms with Crippen molar-refractivity contribution >= 4 is 11.6 Å². The van der Waals surface area contributed by atoms with E-state index in [0.717, 1.165) is 16.9 Å². The predicted octanol–water partition coefficient (Wildman–Crippen LogP) is 3.59. The lowest BCUT2D eigenvalue weighted by molar-refractivity contribution is 0.0740. The fraction of sp³-hybridized carbons (Fsp3) is 0.250. The number of nitrogens with zero attached hydrogens (tertiary/aromatic N) is 6. The van der Waals surface area contributed by atoms with Crippen molar-refractivity contribution in [2.45, 2.75) is 13.3 Å². The van der Waals surface area contributed by atoms with Crippen molar-refractivity contribution < 1.29 is 13.7 Å². The molecule has 1 saturated heterocycles. The van der Waals surface area contributed by atoms with Crippen LogP contribution in [0, 0.1) is 5.82 Å². The quantitative estimate of drug-likeness (QED) is 0.466. The van der Waals surface area contributed by atoms with E-state index >= 15 is 0 Å². The summed E-state index contributed by atoms with van der Waals surface area (Å²) in [6.07, 6.45) is 2.47. The molecule has 0 bridgehead atoms. The number of anilines is 1. The number of carbonyl (C=O) groups is 1. The van der Waals surface area contributed by atoms with Gasteiger partial charge in [0.15, 0.2) is 5.69 Å². The Hall–Kier alpha value is -4.01. The SMILES string of the molecule is CCc1nc(-c2ccc(-n3ccc(C(=O)N4CCN(c5ccc(F)cc5)CC4)n3)cc2)no1. The lowest BCUT2D eigenvalue weighted by Gasteiger charge is -2.35. The standard InChI is InChI=1S/C24H23FN6O2/c1-2-22-26-23(28-33-22)17-3-7-20(8-4-17)31-12-11-21(27-31)24(32)30-15-13-29(14-16-30)19-9-5-18(25)6-10-19/h3-12H,2,13-16H2,1H3. The average molecular weight is 446 g/mol. The first kappa shape index (κ1) is 20.9. The van der Waals surface area contributed by atoms with Gasteiger partial charge >= 0.3 is 0 Å². The summed E-state index contributed by atoms with van der Waals surface area (Å²) in [5.74, 6) is 0.804. The Labute approximate surface area is 190 Å². The number of rotatable bonds is 5. The molecule has 0 spiro atoms. The first-order valence-corrected chi connectivity index (χ1v) is 10.9. The topological polar surface area (TPSA) is 80.3 Å². The van der Waals surface area contributed by atoms with Crippen molar-refractivity contribution in [3.05, 3.63) is 78.2 Å². The highest BCUT2D eigenvalue weighted by atomic mass is 19.1. The van der Waals surface area contributed by atoms with Gasteiger partial charge in [0.2, 0.25) is 11.7 Å². The Bertz CT molecular complexity index is 1240. The van der Waals surface area contributed by atoms with E-state index in [1.807, 2.05) is 31.2 Å². The predicted molar refractivity (Wildman–Crippen MR) is 121 cm³/mol. The Balaban J connectivity index is 1.23. The summed E-state index contributed by atoms with van der Waals surface area (Å²) in [7, 11) is 0. The van der Waals surface area contributed by atoms with E-state index in [-0.39, 0.29) is 11.7 Å². The second-order valence-corrected chi connectivity index (χ2v) is 7.81. The van der Waals surface area contributed by atoms with Crippen molar-refractivity contribution in [3.63, 3.8) is 0 Å². The van der Waals surface area contributed by atoms with Crippen LogP contribution in [0.1, 0.15) is 23.3 Å². The van der Waals surface area contributed by atoms with Crippen molar-refractivity contribution in [2.75, 3.05) is 31.1 Å². The number of halogens is 1. The zero-order valence-electron chi connectivity index (χ0n) is 18.2. The van der Waals surface area contributed by atoms with Gasteiger partial charge in [-0.3, -0.25) is 4.79 Å². The molecular weight excluding hydrogens is 423 g/mol. The molecule has 2 aromatic carbocycles. The van der Waals surface area contributed by atoms with Gasteiger partial charge in [-0.25, -0.2) is 9.07 Å². The highest BCUT2D eigenvalue weighted by molar-refractivity contribution is 5.92. The van der Waals surface area contributed by atoms with Crippen LogP contribution in [0.4, 0.5) is 10.1 Å². The van der Waals surface area contributed by atoms with Crippen molar-refractivity contribution in [1.82, 2.24) is 24.8 Å². The third-order valence-corrected chi connectivity index (χ3v) is 5.73. The molecule has 8 nitrogen and oxygen atoms in total. The van der Waals surface area contributed by atoms with Gasteiger partial charge in [0.05, 0.1) is 5.69 Å². The Morgan fingerprint density at radius 1 is 0.970 bits per heavy atom. The minimum absolute atomic E-state index is 0.0944.